The smallest absolute Gasteiger partial charge is 0.191 e. The van der Waals surface area contributed by atoms with Crippen LogP contribution in [-0.4, -0.2) is 37.0 Å². The quantitative estimate of drug-likeness (QED) is 0.410. The number of rotatable bonds is 7. The van der Waals surface area contributed by atoms with Crippen LogP contribution in [0.1, 0.15) is 31.1 Å². The molecule has 0 heterocycles. The topological polar surface area (TPSA) is 26.3 Å². The Balaban J connectivity index is 0.00000361. The van der Waals surface area contributed by atoms with Gasteiger partial charge in [-0.2, -0.15) is 0 Å². The van der Waals surface area contributed by atoms with Gasteiger partial charge in [-0.1, -0.05) is 0 Å². The Kier molecular flexibility index (Phi) is 8.19. The normalized spacial score (nSPS) is 11.2. The van der Waals surface area contributed by atoms with E-state index in [9.17, 15) is 4.79 Å². The number of allylic oxidation sites excluding steroid dienone is 1. The number of ketones is 1. The molecule has 1 aromatic rings. The second kappa shape index (κ2) is 8.77. The first-order valence-corrected chi connectivity index (χ1v) is 6.84. The van der Waals surface area contributed by atoms with Crippen LogP contribution in [0.2, 0.25) is 0 Å². The number of hydrogen-bond donors (Lipinski definition) is 0. The zero-order valence-corrected chi connectivity index (χ0v) is 13.5. The summed E-state index contributed by atoms with van der Waals surface area (Å²) < 4.78 is 5.92. The van der Waals surface area contributed by atoms with Gasteiger partial charge < -0.3 is 17.1 Å². The molecule has 0 unspecified atom stereocenters. The first-order chi connectivity index (χ1) is 9.10. The van der Waals surface area contributed by atoms with Gasteiger partial charge in [0, 0.05) is 11.6 Å². The largest absolute Gasteiger partial charge is 1.00 e. The molecule has 0 bridgehead atoms. The molecule has 0 fully saturated rings. The molecule has 4 heteroatoms. The monoisotopic (exact) mass is 297 g/mol. The summed E-state index contributed by atoms with van der Waals surface area (Å²) in [4.78, 5) is 12.1. The van der Waals surface area contributed by atoms with Gasteiger partial charge in [0.05, 0.1) is 32.9 Å². The van der Waals surface area contributed by atoms with Crippen molar-refractivity contribution >= 4 is 5.78 Å². The number of ether oxygens (including phenoxy) is 1. The zero-order valence-electron chi connectivity index (χ0n) is 12.7. The SMILES string of the molecule is CC[N+](/C=C/C(=O)c1ccc(OC)cc1)(CC)CC.[Cl-]. The number of nitrogens with zero attached hydrogens (tertiary/aromatic N) is 1. The Morgan fingerprint density at radius 3 is 2.00 bits per heavy atom. The molecule has 0 spiro atoms. The molecule has 112 valence electrons. The van der Waals surface area contributed by atoms with Crippen molar-refractivity contribution in [3.05, 3.63) is 42.1 Å². The van der Waals surface area contributed by atoms with Crippen LogP contribution in [0.5, 0.6) is 5.75 Å². The third-order valence-corrected chi connectivity index (χ3v) is 3.81. The standard InChI is InChI=1S/C16H24NO2.ClH/c1-5-17(6-2,7-3)13-12-16(18)14-8-10-15(19-4)11-9-14;/h8-13H,5-7H2,1-4H3;1H/q+1;/p-1/b13-12+;. The predicted octanol–water partition coefficient (Wildman–Crippen LogP) is 0.272. The van der Waals surface area contributed by atoms with E-state index in [0.717, 1.165) is 29.9 Å². The second-order valence-electron chi connectivity index (χ2n) is 4.58. The van der Waals surface area contributed by atoms with Crippen molar-refractivity contribution < 1.29 is 26.4 Å². The van der Waals surface area contributed by atoms with E-state index < -0.39 is 0 Å². The van der Waals surface area contributed by atoms with Crippen molar-refractivity contribution in [3.8, 4) is 5.75 Å². The Morgan fingerprint density at radius 2 is 1.60 bits per heavy atom. The summed E-state index contributed by atoms with van der Waals surface area (Å²) in [5.41, 5.74) is 0.693. The zero-order chi connectivity index (χ0) is 14.3. The predicted molar refractivity (Wildman–Crippen MR) is 78.3 cm³/mol. The van der Waals surface area contributed by atoms with E-state index in [0.29, 0.717) is 5.56 Å². The first-order valence-electron chi connectivity index (χ1n) is 6.84. The maximum absolute atomic E-state index is 12.1. The average molecular weight is 298 g/mol. The number of methoxy groups -OCH3 is 1. The minimum atomic E-state index is 0. The summed E-state index contributed by atoms with van der Waals surface area (Å²) in [6.45, 7) is 9.44. The fourth-order valence-electron chi connectivity index (χ4n) is 2.06. The average Bonchev–Trinajstić information content (AvgIpc) is 2.49. The highest BCUT2D eigenvalue weighted by molar-refractivity contribution is 6.04. The van der Waals surface area contributed by atoms with E-state index in [4.69, 9.17) is 4.74 Å². The lowest BCUT2D eigenvalue weighted by atomic mass is 10.1. The molecule has 0 aliphatic carbocycles. The molecular formula is C16H24ClNO2. The summed E-state index contributed by atoms with van der Waals surface area (Å²) in [7, 11) is 1.62. The molecule has 1 rings (SSSR count). The number of halogens is 1. The minimum absolute atomic E-state index is 0. The summed E-state index contributed by atoms with van der Waals surface area (Å²) >= 11 is 0. The molecule has 3 nitrogen and oxygen atoms in total. The van der Waals surface area contributed by atoms with Gasteiger partial charge in [-0.15, -0.1) is 0 Å². The lowest BCUT2D eigenvalue weighted by Crippen LogP contribution is -3.00. The Morgan fingerprint density at radius 1 is 1.10 bits per heavy atom. The molecule has 0 N–H and O–H groups in total. The number of benzene rings is 1. The highest BCUT2D eigenvalue weighted by Gasteiger charge is 2.17. The lowest BCUT2D eigenvalue weighted by molar-refractivity contribution is -0.874. The van der Waals surface area contributed by atoms with Crippen LogP contribution in [0, 0.1) is 0 Å². The molecule has 0 saturated carbocycles. The number of hydrogen-bond acceptors (Lipinski definition) is 2. The molecule has 0 radical (unpaired) electrons. The summed E-state index contributed by atoms with van der Waals surface area (Å²) in [6.07, 6.45) is 3.71. The van der Waals surface area contributed by atoms with Gasteiger partial charge in [-0.05, 0) is 45.0 Å². The highest BCUT2D eigenvalue weighted by Crippen LogP contribution is 2.13. The summed E-state index contributed by atoms with van der Waals surface area (Å²) in [6, 6.07) is 7.21. The van der Waals surface area contributed by atoms with Crippen LogP contribution in [0.25, 0.3) is 0 Å². The fourth-order valence-corrected chi connectivity index (χ4v) is 2.06. The van der Waals surface area contributed by atoms with Crippen LogP contribution in [-0.2, 0) is 0 Å². The second-order valence-corrected chi connectivity index (χ2v) is 4.58. The van der Waals surface area contributed by atoms with Crippen molar-refractivity contribution in [2.45, 2.75) is 20.8 Å². The van der Waals surface area contributed by atoms with Gasteiger partial charge in [0.1, 0.15) is 5.75 Å². The van der Waals surface area contributed by atoms with E-state index in [2.05, 4.69) is 20.8 Å². The maximum atomic E-state index is 12.1. The van der Waals surface area contributed by atoms with E-state index in [1.165, 1.54) is 0 Å². The van der Waals surface area contributed by atoms with Gasteiger partial charge >= 0.3 is 0 Å². The van der Waals surface area contributed by atoms with Gasteiger partial charge in [0.25, 0.3) is 0 Å². The van der Waals surface area contributed by atoms with Crippen molar-refractivity contribution in [1.29, 1.82) is 0 Å². The molecule has 20 heavy (non-hydrogen) atoms. The Bertz CT molecular complexity index is 428. The van der Waals surface area contributed by atoms with E-state index in [1.54, 1.807) is 25.3 Å². The van der Waals surface area contributed by atoms with Crippen molar-refractivity contribution in [2.75, 3.05) is 26.7 Å². The van der Waals surface area contributed by atoms with Gasteiger partial charge in [0.2, 0.25) is 0 Å². The summed E-state index contributed by atoms with van der Waals surface area (Å²) in [5.74, 6) is 0.807. The third-order valence-electron chi connectivity index (χ3n) is 3.81. The van der Waals surface area contributed by atoms with Crippen LogP contribution in [0.3, 0.4) is 0 Å². The van der Waals surface area contributed by atoms with E-state index in [1.807, 2.05) is 18.3 Å². The molecule has 0 aliphatic rings. The number of carbonyl (C=O) groups excluding carboxylic acids is 1. The summed E-state index contributed by atoms with van der Waals surface area (Å²) in [5, 5.41) is 0. The van der Waals surface area contributed by atoms with E-state index in [-0.39, 0.29) is 18.2 Å². The van der Waals surface area contributed by atoms with E-state index >= 15 is 0 Å². The molecule has 0 atom stereocenters. The molecule has 0 saturated heterocycles. The first kappa shape index (κ1) is 18.7. The van der Waals surface area contributed by atoms with Crippen LogP contribution in [0.4, 0.5) is 0 Å². The Labute approximate surface area is 128 Å². The molecule has 0 aliphatic heterocycles. The van der Waals surface area contributed by atoms with Crippen LogP contribution >= 0.6 is 0 Å². The van der Waals surface area contributed by atoms with Crippen LogP contribution in [0.15, 0.2) is 36.5 Å². The third kappa shape index (κ3) is 4.66. The van der Waals surface area contributed by atoms with Gasteiger partial charge in [-0.25, -0.2) is 0 Å². The molecular weight excluding hydrogens is 274 g/mol. The van der Waals surface area contributed by atoms with Crippen molar-refractivity contribution in [2.24, 2.45) is 0 Å². The van der Waals surface area contributed by atoms with Gasteiger partial charge in [0.15, 0.2) is 5.78 Å². The molecule has 0 aromatic heterocycles. The Hall–Kier alpha value is -1.32. The molecule has 1 aromatic carbocycles. The van der Waals surface area contributed by atoms with Gasteiger partial charge in [-0.3, -0.25) is 9.28 Å². The lowest BCUT2D eigenvalue weighted by Gasteiger charge is -2.31. The minimum Gasteiger partial charge on any atom is -1.00 e. The molecule has 0 amide bonds. The van der Waals surface area contributed by atoms with Crippen LogP contribution < -0.4 is 17.1 Å². The number of quaternary nitrogens is 1. The fraction of sp³-hybridized carbons (Fsp3) is 0.438. The number of carbonyl (C=O) groups is 1. The van der Waals surface area contributed by atoms with Crippen molar-refractivity contribution in [1.82, 2.24) is 0 Å². The highest BCUT2D eigenvalue weighted by atomic mass is 35.5. The maximum Gasteiger partial charge on any atom is 0.191 e. The van der Waals surface area contributed by atoms with Crippen molar-refractivity contribution in [3.63, 3.8) is 0 Å².